The van der Waals surface area contributed by atoms with Crippen LogP contribution in [-0.4, -0.2) is 31.4 Å². The molecule has 140 valence electrons. The Hall–Kier alpha value is -2.55. The molecule has 0 heterocycles. The number of rotatable bonds is 10. The monoisotopic (exact) mass is 378 g/mol. The number of benzene rings is 1. The van der Waals surface area contributed by atoms with Crippen LogP contribution in [0, 0.1) is 23.2 Å². The minimum atomic E-state index is -3.97. The van der Waals surface area contributed by atoms with E-state index in [9.17, 15) is 13.2 Å². The maximum atomic E-state index is 12.7. The second kappa shape index (κ2) is 11.1. The van der Waals surface area contributed by atoms with Gasteiger partial charge in [0.05, 0.1) is 11.0 Å². The van der Waals surface area contributed by atoms with E-state index in [1.165, 1.54) is 29.7 Å². The van der Waals surface area contributed by atoms with Gasteiger partial charge in [0.2, 0.25) is 0 Å². The van der Waals surface area contributed by atoms with Gasteiger partial charge in [-0.3, -0.25) is 10.0 Å². The van der Waals surface area contributed by atoms with Crippen LogP contribution in [0.4, 0.5) is 0 Å². The maximum absolute atomic E-state index is 12.7. The highest BCUT2D eigenvalue weighted by molar-refractivity contribution is 7.92. The first-order valence-electron chi connectivity index (χ1n) is 8.14. The smallest absolute Gasteiger partial charge is 0.262 e. The second-order valence-electron chi connectivity index (χ2n) is 5.45. The molecule has 0 radical (unpaired) electrons. The number of ether oxygens (including phenoxy) is 1. The Balaban J connectivity index is 2.88. The van der Waals surface area contributed by atoms with E-state index in [1.54, 1.807) is 6.92 Å². The van der Waals surface area contributed by atoms with E-state index in [-0.39, 0.29) is 17.9 Å². The molecule has 0 bridgehead atoms. The lowest BCUT2D eigenvalue weighted by Crippen LogP contribution is -2.38. The van der Waals surface area contributed by atoms with Crippen molar-refractivity contribution in [3.05, 3.63) is 24.3 Å². The van der Waals surface area contributed by atoms with E-state index in [0.29, 0.717) is 31.4 Å². The highest BCUT2D eigenvalue weighted by Gasteiger charge is 2.33. The van der Waals surface area contributed by atoms with E-state index in [4.69, 9.17) is 15.2 Å². The summed E-state index contributed by atoms with van der Waals surface area (Å²) in [7, 11) is -3.97. The van der Waals surface area contributed by atoms with Crippen molar-refractivity contribution in [1.82, 2.24) is 5.48 Å². The quantitative estimate of drug-likeness (QED) is 0.279. The van der Waals surface area contributed by atoms with Crippen LogP contribution in [0.5, 0.6) is 5.75 Å². The van der Waals surface area contributed by atoms with E-state index in [0.717, 1.165) is 0 Å². The summed E-state index contributed by atoms with van der Waals surface area (Å²) in [5.74, 6) is 4.91. The number of hydrogen-bond donors (Lipinski definition) is 2. The molecule has 0 aliphatic heterocycles. The molecule has 0 aliphatic carbocycles. The topological polar surface area (TPSA) is 116 Å². The Bertz CT molecular complexity index is 786. The van der Waals surface area contributed by atoms with Gasteiger partial charge in [-0.25, -0.2) is 13.9 Å². The van der Waals surface area contributed by atoms with Gasteiger partial charge in [-0.15, -0.1) is 5.92 Å². The van der Waals surface area contributed by atoms with Gasteiger partial charge in [0.1, 0.15) is 17.6 Å². The molecule has 1 atom stereocenters. The SMILES string of the molecule is CC#CCOc1ccc(S(=O)(=O)C(CCCCCC#N)C(=O)NO)cc1. The predicted octanol–water partition coefficient (Wildman–Crippen LogP) is 2.21. The van der Waals surface area contributed by atoms with Crippen molar-refractivity contribution in [2.45, 2.75) is 49.2 Å². The Labute approximate surface area is 153 Å². The number of hydroxylamine groups is 1. The lowest BCUT2D eigenvalue weighted by Gasteiger charge is -2.16. The summed E-state index contributed by atoms with van der Waals surface area (Å²) in [5, 5.41) is 16.0. The first kappa shape index (κ1) is 21.5. The number of unbranched alkanes of at least 4 members (excludes halogenated alkanes) is 3. The van der Waals surface area contributed by atoms with E-state index < -0.39 is 21.0 Å². The van der Waals surface area contributed by atoms with Gasteiger partial charge in [0.25, 0.3) is 5.91 Å². The van der Waals surface area contributed by atoms with Gasteiger partial charge in [-0.2, -0.15) is 5.26 Å². The molecular formula is C18H22N2O5S. The fraction of sp³-hybridized carbons (Fsp3) is 0.444. The highest BCUT2D eigenvalue weighted by Crippen LogP contribution is 2.23. The molecular weight excluding hydrogens is 356 g/mol. The summed E-state index contributed by atoms with van der Waals surface area (Å²) in [6.07, 6.45) is 2.16. The van der Waals surface area contributed by atoms with Crippen LogP contribution in [0.2, 0.25) is 0 Å². The third-order valence-electron chi connectivity index (χ3n) is 3.67. The normalized spacial score (nSPS) is 11.6. The van der Waals surface area contributed by atoms with Gasteiger partial charge in [-0.1, -0.05) is 18.8 Å². The molecule has 0 fully saturated rings. The molecule has 0 saturated carbocycles. The van der Waals surface area contributed by atoms with Crippen LogP contribution in [-0.2, 0) is 14.6 Å². The summed E-state index contributed by atoms with van der Waals surface area (Å²) < 4.78 is 30.8. The lowest BCUT2D eigenvalue weighted by atomic mass is 10.1. The first-order chi connectivity index (χ1) is 12.5. The molecule has 1 amide bonds. The molecule has 1 unspecified atom stereocenters. The van der Waals surface area contributed by atoms with Crippen LogP contribution in [0.1, 0.15) is 39.0 Å². The zero-order valence-corrected chi connectivity index (χ0v) is 15.4. The molecule has 1 aromatic rings. The molecule has 1 rings (SSSR count). The van der Waals surface area contributed by atoms with Gasteiger partial charge < -0.3 is 4.74 Å². The summed E-state index contributed by atoms with van der Waals surface area (Å²) in [4.78, 5) is 11.8. The van der Waals surface area contributed by atoms with Gasteiger partial charge in [-0.05, 0) is 44.0 Å². The van der Waals surface area contributed by atoms with Crippen molar-refractivity contribution in [3.63, 3.8) is 0 Å². The van der Waals surface area contributed by atoms with E-state index in [1.807, 2.05) is 6.07 Å². The molecule has 8 heteroatoms. The standard InChI is InChI=1S/C18H22N2O5S/c1-2-3-14-25-15-9-11-16(12-10-15)26(23,24)17(18(21)20-22)8-6-4-5-7-13-19/h9-12,17,22H,4-8,14H2,1H3,(H,20,21). The van der Waals surface area contributed by atoms with Crippen LogP contribution >= 0.6 is 0 Å². The number of amides is 1. The molecule has 2 N–H and O–H groups in total. The van der Waals surface area contributed by atoms with Gasteiger partial charge in [0, 0.05) is 6.42 Å². The fourth-order valence-electron chi connectivity index (χ4n) is 2.29. The molecule has 0 spiro atoms. The zero-order valence-electron chi connectivity index (χ0n) is 14.6. The van der Waals surface area contributed by atoms with Crippen molar-refractivity contribution in [2.75, 3.05) is 6.61 Å². The third-order valence-corrected chi connectivity index (χ3v) is 5.80. The molecule has 0 saturated heterocycles. The highest BCUT2D eigenvalue weighted by atomic mass is 32.2. The average Bonchev–Trinajstić information content (AvgIpc) is 2.64. The van der Waals surface area contributed by atoms with Crippen LogP contribution in [0.15, 0.2) is 29.2 Å². The Morgan fingerprint density at radius 2 is 1.96 bits per heavy atom. The number of nitriles is 1. The minimum Gasteiger partial charge on any atom is -0.481 e. The Morgan fingerprint density at radius 3 is 2.54 bits per heavy atom. The number of nitrogens with one attached hydrogen (secondary N) is 1. The minimum absolute atomic E-state index is 0.0305. The number of sulfone groups is 1. The van der Waals surface area contributed by atoms with Crippen LogP contribution in [0.3, 0.4) is 0 Å². The number of nitrogens with zero attached hydrogens (tertiary/aromatic N) is 1. The van der Waals surface area contributed by atoms with Crippen LogP contribution in [0.25, 0.3) is 0 Å². The van der Waals surface area contributed by atoms with Crippen molar-refractivity contribution in [3.8, 4) is 23.7 Å². The molecule has 7 nitrogen and oxygen atoms in total. The van der Waals surface area contributed by atoms with E-state index in [2.05, 4.69) is 11.8 Å². The van der Waals surface area contributed by atoms with Crippen LogP contribution < -0.4 is 10.2 Å². The van der Waals surface area contributed by atoms with Crippen molar-refractivity contribution >= 4 is 15.7 Å². The fourth-order valence-corrected chi connectivity index (χ4v) is 3.95. The number of hydrogen-bond acceptors (Lipinski definition) is 6. The summed E-state index contributed by atoms with van der Waals surface area (Å²) in [6, 6.07) is 7.71. The van der Waals surface area contributed by atoms with Crippen molar-refractivity contribution in [2.24, 2.45) is 0 Å². The van der Waals surface area contributed by atoms with Crippen molar-refractivity contribution < 1.29 is 23.2 Å². The first-order valence-corrected chi connectivity index (χ1v) is 9.69. The third kappa shape index (κ3) is 6.40. The second-order valence-corrected chi connectivity index (χ2v) is 7.58. The van der Waals surface area contributed by atoms with Crippen molar-refractivity contribution in [1.29, 1.82) is 5.26 Å². The molecule has 0 aromatic heterocycles. The largest absolute Gasteiger partial charge is 0.481 e. The van der Waals surface area contributed by atoms with Gasteiger partial charge in [0.15, 0.2) is 9.84 Å². The molecule has 0 aliphatic rings. The van der Waals surface area contributed by atoms with E-state index >= 15 is 0 Å². The lowest BCUT2D eigenvalue weighted by molar-refractivity contribution is -0.128. The molecule has 26 heavy (non-hydrogen) atoms. The Morgan fingerprint density at radius 1 is 1.27 bits per heavy atom. The predicted molar refractivity (Wildman–Crippen MR) is 95.0 cm³/mol. The maximum Gasteiger partial charge on any atom is 0.262 e. The summed E-state index contributed by atoms with van der Waals surface area (Å²) >= 11 is 0. The Kier molecular flexibility index (Phi) is 9.21. The van der Waals surface area contributed by atoms with Gasteiger partial charge >= 0.3 is 0 Å². The summed E-state index contributed by atoms with van der Waals surface area (Å²) in [5.41, 5.74) is 1.43. The summed E-state index contributed by atoms with van der Waals surface area (Å²) in [6.45, 7) is 1.88. The number of carbonyl (C=O) groups is 1. The zero-order chi connectivity index (χ0) is 19.4. The molecule has 1 aromatic carbocycles. The number of carbonyl (C=O) groups excluding carboxylic acids is 1. The average molecular weight is 378 g/mol.